The summed E-state index contributed by atoms with van der Waals surface area (Å²) in [6, 6.07) is -0.163. The molecule has 1 amide bonds. The first-order chi connectivity index (χ1) is 13.7. The highest BCUT2D eigenvalue weighted by Gasteiger charge is 2.29. The second-order valence-corrected chi connectivity index (χ2v) is 7.53. The number of guanidine groups is 1. The first-order valence-electron chi connectivity index (χ1n) is 9.71. The minimum atomic E-state index is -0.582. The van der Waals surface area contributed by atoms with Gasteiger partial charge in [-0.3, -0.25) is 4.79 Å². The molecule has 0 aromatic rings. The molecule has 1 N–H and O–H groups in total. The highest BCUT2D eigenvalue weighted by atomic mass is 16.6. The van der Waals surface area contributed by atoms with Crippen LogP contribution in [-0.2, 0) is 14.3 Å². The van der Waals surface area contributed by atoms with Gasteiger partial charge in [0.25, 0.3) is 0 Å². The average Bonchev–Trinajstić information content (AvgIpc) is 2.62. The minimum absolute atomic E-state index is 0.0658. The molecule has 0 aliphatic carbocycles. The Balaban J connectivity index is 2.92. The third-order valence-corrected chi connectivity index (χ3v) is 3.93. The molecule has 0 radical (unpaired) electrons. The molecule has 1 saturated heterocycles. The van der Waals surface area contributed by atoms with E-state index in [4.69, 9.17) is 9.47 Å². The number of piperidine rings is 1. The lowest BCUT2D eigenvalue weighted by molar-refractivity contribution is -0.143. The number of likely N-dealkylation sites (tertiary alicyclic amines) is 1. The topological polar surface area (TPSA) is 107 Å². The second-order valence-electron chi connectivity index (χ2n) is 7.53. The van der Waals surface area contributed by atoms with Crippen molar-refractivity contribution in [3.8, 4) is 18.0 Å². The molecule has 160 valence electrons. The molecule has 0 saturated carbocycles. The van der Waals surface area contributed by atoms with Gasteiger partial charge in [-0.15, -0.1) is 10.9 Å². The molecule has 0 bridgehead atoms. The number of esters is 1. The number of rotatable bonds is 5. The molecule has 1 aliphatic heterocycles. The summed E-state index contributed by atoms with van der Waals surface area (Å²) in [5.41, 5.74) is -0.582. The van der Waals surface area contributed by atoms with Crippen LogP contribution < -0.4 is 5.32 Å². The van der Waals surface area contributed by atoms with Gasteiger partial charge in [0.2, 0.25) is 12.2 Å². The second kappa shape index (κ2) is 11.8. The van der Waals surface area contributed by atoms with E-state index in [0.29, 0.717) is 19.0 Å². The Morgan fingerprint density at radius 2 is 2.10 bits per heavy atom. The fourth-order valence-electron chi connectivity index (χ4n) is 2.87. The predicted molar refractivity (Wildman–Crippen MR) is 109 cm³/mol. The Morgan fingerprint density at radius 1 is 1.38 bits per heavy atom. The molecule has 1 heterocycles. The minimum Gasteiger partial charge on any atom is -0.465 e. The monoisotopic (exact) mass is 405 g/mol. The van der Waals surface area contributed by atoms with E-state index in [1.165, 1.54) is 0 Å². The van der Waals surface area contributed by atoms with Crippen LogP contribution in [0.5, 0.6) is 0 Å². The smallest absolute Gasteiger partial charge is 0.407 e. The van der Waals surface area contributed by atoms with Crippen LogP contribution >= 0.6 is 0 Å². The largest absolute Gasteiger partial charge is 0.465 e. The van der Waals surface area contributed by atoms with Crippen molar-refractivity contribution in [2.45, 2.75) is 59.1 Å². The van der Waals surface area contributed by atoms with E-state index < -0.39 is 17.7 Å². The van der Waals surface area contributed by atoms with Gasteiger partial charge in [0.15, 0.2) is 0 Å². The zero-order valence-corrected chi connectivity index (χ0v) is 17.9. The SMILES string of the molecule is CC#CCN(CC(=O)OCC)/C(=N\C#N)N1CCC[C@@H](NC(=O)OC(C)(C)C)C1. The Morgan fingerprint density at radius 3 is 2.69 bits per heavy atom. The van der Waals surface area contributed by atoms with Crippen molar-refractivity contribution in [1.29, 1.82) is 5.26 Å². The van der Waals surface area contributed by atoms with Gasteiger partial charge in [0.1, 0.15) is 12.1 Å². The van der Waals surface area contributed by atoms with Crippen molar-refractivity contribution in [3.63, 3.8) is 0 Å². The van der Waals surface area contributed by atoms with Gasteiger partial charge >= 0.3 is 12.1 Å². The lowest BCUT2D eigenvalue weighted by atomic mass is 10.1. The number of carbonyl (C=O) groups is 2. The Hall–Kier alpha value is -2.94. The van der Waals surface area contributed by atoms with Crippen LogP contribution in [0.1, 0.15) is 47.5 Å². The third-order valence-electron chi connectivity index (χ3n) is 3.93. The maximum Gasteiger partial charge on any atom is 0.407 e. The molecule has 9 nitrogen and oxygen atoms in total. The predicted octanol–water partition coefficient (Wildman–Crippen LogP) is 1.70. The molecular weight excluding hydrogens is 374 g/mol. The van der Waals surface area contributed by atoms with E-state index in [0.717, 1.165) is 12.8 Å². The number of aliphatic imine (C=N–C) groups is 1. The summed E-state index contributed by atoms with van der Waals surface area (Å²) in [6.45, 7) is 10.4. The van der Waals surface area contributed by atoms with Gasteiger partial charge in [-0.1, -0.05) is 5.92 Å². The zero-order valence-electron chi connectivity index (χ0n) is 17.9. The molecule has 0 unspecified atom stereocenters. The van der Waals surface area contributed by atoms with Crippen molar-refractivity contribution in [2.75, 3.05) is 32.8 Å². The number of hydrogen-bond acceptors (Lipinski definition) is 6. The van der Waals surface area contributed by atoms with Crippen molar-refractivity contribution < 1.29 is 19.1 Å². The number of alkyl carbamates (subject to hydrolysis) is 1. The summed E-state index contributed by atoms with van der Waals surface area (Å²) in [6.07, 6.45) is 2.89. The van der Waals surface area contributed by atoms with Crippen molar-refractivity contribution >= 4 is 18.0 Å². The van der Waals surface area contributed by atoms with Crippen molar-refractivity contribution in [2.24, 2.45) is 4.99 Å². The molecule has 0 spiro atoms. The highest BCUT2D eigenvalue weighted by molar-refractivity contribution is 5.85. The lowest BCUT2D eigenvalue weighted by Gasteiger charge is -2.38. The molecule has 1 fully saturated rings. The van der Waals surface area contributed by atoms with Crippen LogP contribution in [0.2, 0.25) is 0 Å². The molecule has 9 heteroatoms. The lowest BCUT2D eigenvalue weighted by Crippen LogP contribution is -2.55. The summed E-state index contributed by atoms with van der Waals surface area (Å²) in [5.74, 6) is 5.62. The molecule has 1 aliphatic rings. The van der Waals surface area contributed by atoms with Gasteiger partial charge in [-0.25, -0.2) is 4.79 Å². The molecule has 1 atom stereocenters. The van der Waals surface area contributed by atoms with E-state index in [1.54, 1.807) is 45.7 Å². The summed E-state index contributed by atoms with van der Waals surface area (Å²) in [5, 5.41) is 12.1. The van der Waals surface area contributed by atoms with Crippen LogP contribution in [0.3, 0.4) is 0 Å². The molecular formula is C20H31N5O4. The summed E-state index contributed by atoms with van der Waals surface area (Å²) >= 11 is 0. The van der Waals surface area contributed by atoms with Crippen LogP contribution in [0.4, 0.5) is 4.79 Å². The van der Waals surface area contributed by atoms with Crippen molar-refractivity contribution in [3.05, 3.63) is 0 Å². The standard InChI is InChI=1S/C20H31N5O4/c1-6-8-11-25(14-17(26)28-7-2)18(22-15-21)24-12-9-10-16(13-24)23-19(27)29-20(3,4)5/h16H,7,9-14H2,1-5H3,(H,23,27)/b22-18-/t16-/m1/s1. The van der Waals surface area contributed by atoms with E-state index in [-0.39, 0.29) is 25.7 Å². The van der Waals surface area contributed by atoms with E-state index in [9.17, 15) is 14.9 Å². The number of nitrogens with one attached hydrogen (secondary N) is 1. The first-order valence-corrected chi connectivity index (χ1v) is 9.71. The fraction of sp³-hybridized carbons (Fsp3) is 0.700. The average molecular weight is 405 g/mol. The molecule has 0 aromatic heterocycles. The number of ether oxygens (including phenoxy) is 2. The van der Waals surface area contributed by atoms with E-state index >= 15 is 0 Å². The number of amides is 1. The third kappa shape index (κ3) is 9.20. The van der Waals surface area contributed by atoms with Gasteiger partial charge in [-0.2, -0.15) is 5.26 Å². The Labute approximate surface area is 173 Å². The molecule has 1 rings (SSSR count). The summed E-state index contributed by atoms with van der Waals surface area (Å²) < 4.78 is 10.4. The Bertz CT molecular complexity index is 696. The molecule has 29 heavy (non-hydrogen) atoms. The van der Waals surface area contributed by atoms with Crippen molar-refractivity contribution in [1.82, 2.24) is 15.1 Å². The van der Waals surface area contributed by atoms with E-state index in [2.05, 4.69) is 22.2 Å². The highest BCUT2D eigenvalue weighted by Crippen LogP contribution is 2.14. The number of nitriles is 1. The van der Waals surface area contributed by atoms with Gasteiger partial charge in [0, 0.05) is 19.1 Å². The number of hydrogen-bond donors (Lipinski definition) is 1. The van der Waals surface area contributed by atoms with Crippen LogP contribution in [0.15, 0.2) is 4.99 Å². The van der Waals surface area contributed by atoms with Crippen LogP contribution in [0.25, 0.3) is 0 Å². The summed E-state index contributed by atoms with van der Waals surface area (Å²) in [7, 11) is 0. The van der Waals surface area contributed by atoms with Gasteiger partial charge < -0.3 is 24.6 Å². The fourth-order valence-corrected chi connectivity index (χ4v) is 2.87. The molecule has 0 aromatic carbocycles. The number of carbonyl (C=O) groups excluding carboxylic acids is 2. The van der Waals surface area contributed by atoms with Gasteiger partial charge in [-0.05, 0) is 47.5 Å². The maximum absolute atomic E-state index is 12.1. The van der Waals surface area contributed by atoms with Crippen LogP contribution in [0, 0.1) is 23.3 Å². The maximum atomic E-state index is 12.1. The van der Waals surface area contributed by atoms with Crippen LogP contribution in [-0.4, -0.2) is 72.3 Å². The van der Waals surface area contributed by atoms with Gasteiger partial charge in [0.05, 0.1) is 13.2 Å². The zero-order chi connectivity index (χ0) is 21.9. The summed E-state index contributed by atoms with van der Waals surface area (Å²) in [4.78, 5) is 31.5. The Kier molecular flexibility index (Phi) is 9.81. The first kappa shape index (κ1) is 24.1. The quantitative estimate of drug-likeness (QED) is 0.244. The normalized spacial score (nSPS) is 16.8. The number of nitrogens with zero attached hydrogens (tertiary/aromatic N) is 4. The van der Waals surface area contributed by atoms with E-state index in [1.807, 2.05) is 4.90 Å².